The van der Waals surface area contributed by atoms with Gasteiger partial charge in [0.2, 0.25) is 18.2 Å². The molecule has 0 aliphatic carbocycles. The molecule has 0 spiro atoms. The van der Waals surface area contributed by atoms with Crippen molar-refractivity contribution in [3.8, 4) is 0 Å². The number of rotatable bonds is 12. The van der Waals surface area contributed by atoms with Crippen LogP contribution < -0.4 is 20.9 Å². The first-order chi connectivity index (χ1) is 15.2. The van der Waals surface area contributed by atoms with Gasteiger partial charge in [-0.1, -0.05) is 30.3 Å². The van der Waals surface area contributed by atoms with E-state index in [1.54, 1.807) is 0 Å². The van der Waals surface area contributed by atoms with E-state index in [9.17, 15) is 29.3 Å². The van der Waals surface area contributed by atoms with Crippen LogP contribution in [-0.2, 0) is 25.6 Å². The van der Waals surface area contributed by atoms with Gasteiger partial charge in [0.1, 0.15) is 12.8 Å². The average Bonchev–Trinajstić information content (AvgIpc) is 2.76. The number of nitro benzene ring substituents is 1. The lowest BCUT2D eigenvalue weighted by Crippen LogP contribution is -2.43. The van der Waals surface area contributed by atoms with Gasteiger partial charge >= 0.3 is 0 Å². The normalized spacial score (nSPS) is 11.2. The average molecular weight is 441 g/mol. The maximum atomic E-state index is 12.5. The zero-order valence-corrected chi connectivity index (χ0v) is 17.3. The van der Waals surface area contributed by atoms with Crippen LogP contribution in [0.15, 0.2) is 48.5 Å². The number of nitrogens with one attached hydrogen (secondary N) is 1. The van der Waals surface area contributed by atoms with Gasteiger partial charge < -0.3 is 25.6 Å². The van der Waals surface area contributed by atoms with E-state index >= 15 is 0 Å². The molecule has 0 unspecified atom stereocenters. The number of carbonyl (C=O) groups excluding carboxylic acids is 4. The van der Waals surface area contributed by atoms with E-state index in [0.717, 1.165) is 16.5 Å². The van der Waals surface area contributed by atoms with E-state index in [1.807, 2.05) is 30.3 Å². The summed E-state index contributed by atoms with van der Waals surface area (Å²) in [5, 5.41) is 13.8. The number of hydrogen-bond donors (Lipinski definition) is 2. The first-order valence-electron chi connectivity index (χ1n) is 9.53. The van der Waals surface area contributed by atoms with Gasteiger partial charge in [-0.15, -0.1) is 0 Å². The van der Waals surface area contributed by atoms with Gasteiger partial charge in [0, 0.05) is 19.2 Å². The second-order valence-corrected chi connectivity index (χ2v) is 6.99. The van der Waals surface area contributed by atoms with E-state index in [1.165, 1.54) is 24.1 Å². The second-order valence-electron chi connectivity index (χ2n) is 6.99. The van der Waals surface area contributed by atoms with Gasteiger partial charge in [0.25, 0.3) is 5.69 Å². The van der Waals surface area contributed by atoms with Crippen molar-refractivity contribution in [2.75, 3.05) is 29.9 Å². The third-order valence-electron chi connectivity index (χ3n) is 4.53. The first kappa shape index (κ1) is 24.0. The molecule has 11 nitrogen and oxygen atoms in total. The molecule has 0 saturated heterocycles. The molecule has 0 radical (unpaired) electrons. The number of likely N-dealkylation sites (N-methyl/N-ethyl adjacent to an activating group) is 1. The Morgan fingerprint density at radius 2 is 1.81 bits per heavy atom. The summed E-state index contributed by atoms with van der Waals surface area (Å²) in [6.07, 6.45) is 1.28. The topological polar surface area (TPSA) is 156 Å². The van der Waals surface area contributed by atoms with Gasteiger partial charge in [-0.05, 0) is 18.1 Å². The molecule has 0 aromatic heterocycles. The lowest BCUT2D eigenvalue weighted by molar-refractivity contribution is -0.384. The number of anilines is 2. The highest BCUT2D eigenvalue weighted by Gasteiger charge is 2.21. The van der Waals surface area contributed by atoms with Crippen molar-refractivity contribution < 1.29 is 24.1 Å². The minimum Gasteiger partial charge on any atom is -0.368 e. The minimum absolute atomic E-state index is 0.0412. The summed E-state index contributed by atoms with van der Waals surface area (Å²) in [6.45, 7) is -0.713. The van der Waals surface area contributed by atoms with Crippen molar-refractivity contribution in [2.45, 2.75) is 12.5 Å². The maximum absolute atomic E-state index is 12.5. The lowest BCUT2D eigenvalue weighted by Gasteiger charge is -2.26. The zero-order valence-electron chi connectivity index (χ0n) is 17.3. The number of carbonyl (C=O) groups is 4. The van der Waals surface area contributed by atoms with Crippen LogP contribution in [0.2, 0.25) is 0 Å². The number of non-ortho nitro benzene ring substituents is 1. The van der Waals surface area contributed by atoms with Gasteiger partial charge in [-0.3, -0.25) is 24.5 Å². The molecule has 1 atom stereocenters. The summed E-state index contributed by atoms with van der Waals surface area (Å²) in [7, 11) is 1.53. The molecule has 2 aromatic rings. The van der Waals surface area contributed by atoms with Gasteiger partial charge in [-0.2, -0.15) is 0 Å². The minimum atomic E-state index is -0.815. The van der Waals surface area contributed by atoms with Crippen LogP contribution >= 0.6 is 0 Å². The molecule has 168 valence electrons. The van der Waals surface area contributed by atoms with Crippen molar-refractivity contribution in [1.82, 2.24) is 5.32 Å². The molecular weight excluding hydrogens is 418 g/mol. The summed E-state index contributed by atoms with van der Waals surface area (Å²) in [6, 6.07) is 12.1. The van der Waals surface area contributed by atoms with Crippen LogP contribution in [-0.4, -0.2) is 55.6 Å². The largest absolute Gasteiger partial charge is 0.368 e. The van der Waals surface area contributed by atoms with Crippen LogP contribution in [0.3, 0.4) is 0 Å². The molecule has 11 heteroatoms. The standard InChI is InChI=1S/C21H23N5O6/c1-24(12-21(30)23-16(13-27)9-15-5-3-2-4-6-15)18-8-7-17(26(31)32)10-19(18)25(14-28)11-20(22)29/h2-8,10,13-14,16H,9,11-12H2,1H3,(H2,22,29)(H,23,30)/t16-/m0/s1. The quantitative estimate of drug-likeness (QED) is 0.274. The zero-order chi connectivity index (χ0) is 23.7. The predicted molar refractivity (Wildman–Crippen MR) is 117 cm³/mol. The lowest BCUT2D eigenvalue weighted by atomic mass is 10.1. The molecule has 3 N–H and O–H groups in total. The Hall–Kier alpha value is -4.28. The van der Waals surface area contributed by atoms with Crippen molar-refractivity contribution in [3.05, 3.63) is 64.2 Å². The highest BCUT2D eigenvalue weighted by atomic mass is 16.6. The highest BCUT2D eigenvalue weighted by Crippen LogP contribution is 2.32. The SMILES string of the molecule is CN(CC(=O)N[C@H](C=O)Cc1ccccc1)c1ccc([N+](=O)[O-])cc1N(C=O)CC(N)=O. The Bertz CT molecular complexity index is 997. The molecule has 0 aliphatic heterocycles. The highest BCUT2D eigenvalue weighted by molar-refractivity contribution is 5.93. The Labute approximate surface area is 183 Å². The van der Waals surface area contributed by atoms with E-state index in [4.69, 9.17) is 5.73 Å². The molecule has 0 saturated carbocycles. The molecule has 0 heterocycles. The molecular formula is C21H23N5O6. The fourth-order valence-electron chi connectivity index (χ4n) is 3.08. The predicted octanol–water partition coefficient (Wildman–Crippen LogP) is 0.406. The van der Waals surface area contributed by atoms with Gasteiger partial charge in [0.15, 0.2) is 0 Å². The van der Waals surface area contributed by atoms with Crippen LogP contribution in [0, 0.1) is 10.1 Å². The Morgan fingerprint density at radius 1 is 1.12 bits per heavy atom. The fourth-order valence-corrected chi connectivity index (χ4v) is 3.08. The Balaban J connectivity index is 2.19. The van der Waals surface area contributed by atoms with Gasteiger partial charge in [0.05, 0.1) is 28.9 Å². The van der Waals surface area contributed by atoms with E-state index in [0.29, 0.717) is 19.1 Å². The number of aldehydes is 1. The molecule has 2 aromatic carbocycles. The second kappa shape index (κ2) is 11.2. The number of primary amides is 1. The van der Waals surface area contributed by atoms with Gasteiger partial charge in [-0.25, -0.2) is 0 Å². The number of nitro groups is 1. The maximum Gasteiger partial charge on any atom is 0.271 e. The number of nitrogens with two attached hydrogens (primary N) is 1. The monoisotopic (exact) mass is 441 g/mol. The molecule has 3 amide bonds. The third-order valence-corrected chi connectivity index (χ3v) is 4.53. The summed E-state index contributed by atoms with van der Waals surface area (Å²) in [5.74, 6) is -1.29. The molecule has 2 rings (SSSR count). The smallest absolute Gasteiger partial charge is 0.271 e. The fraction of sp³-hybridized carbons (Fsp3) is 0.238. The first-order valence-corrected chi connectivity index (χ1v) is 9.53. The van der Waals surface area contributed by atoms with E-state index in [2.05, 4.69) is 5.32 Å². The third kappa shape index (κ3) is 6.62. The molecule has 32 heavy (non-hydrogen) atoms. The van der Waals surface area contributed by atoms with Crippen LogP contribution in [0.1, 0.15) is 5.56 Å². The molecule has 0 aliphatic rings. The summed E-state index contributed by atoms with van der Waals surface area (Å²) < 4.78 is 0. The number of hydrogen-bond acceptors (Lipinski definition) is 7. The van der Waals surface area contributed by atoms with Crippen molar-refractivity contribution in [3.63, 3.8) is 0 Å². The molecule has 0 bridgehead atoms. The summed E-state index contributed by atoms with van der Waals surface area (Å²) >= 11 is 0. The number of amides is 3. The summed E-state index contributed by atoms with van der Waals surface area (Å²) in [5.41, 5.74) is 6.06. The van der Waals surface area contributed by atoms with Crippen molar-refractivity contribution in [1.29, 1.82) is 0 Å². The van der Waals surface area contributed by atoms with Crippen molar-refractivity contribution in [2.24, 2.45) is 5.73 Å². The Morgan fingerprint density at radius 3 is 2.38 bits per heavy atom. The van der Waals surface area contributed by atoms with Crippen LogP contribution in [0.4, 0.5) is 17.1 Å². The van der Waals surface area contributed by atoms with Crippen LogP contribution in [0.25, 0.3) is 0 Å². The summed E-state index contributed by atoms with van der Waals surface area (Å²) in [4.78, 5) is 59.6. The number of benzene rings is 2. The number of nitrogens with zero attached hydrogens (tertiary/aromatic N) is 3. The van der Waals surface area contributed by atoms with Crippen molar-refractivity contribution >= 4 is 41.6 Å². The van der Waals surface area contributed by atoms with Crippen LogP contribution in [0.5, 0.6) is 0 Å². The van der Waals surface area contributed by atoms with E-state index in [-0.39, 0.29) is 23.6 Å². The Kier molecular flexibility index (Phi) is 8.40. The van der Waals surface area contributed by atoms with E-state index < -0.39 is 29.3 Å². The molecule has 0 fully saturated rings.